The lowest BCUT2D eigenvalue weighted by atomic mass is 9.98. The molecule has 1 amide bonds. The number of rotatable bonds is 7. The van der Waals surface area contributed by atoms with Gasteiger partial charge in [-0.15, -0.1) is 0 Å². The Labute approximate surface area is 151 Å². The predicted molar refractivity (Wildman–Crippen MR) is 98.4 cm³/mol. The molecule has 0 aromatic carbocycles. The lowest BCUT2D eigenvalue weighted by Gasteiger charge is -2.35. The topological polar surface area (TPSA) is 54.5 Å². The molecule has 0 spiro atoms. The highest BCUT2D eigenvalue weighted by Gasteiger charge is 2.42. The maximum atomic E-state index is 12.8. The van der Waals surface area contributed by atoms with Crippen LogP contribution in [0.3, 0.4) is 0 Å². The van der Waals surface area contributed by atoms with Gasteiger partial charge in [0.25, 0.3) is 5.91 Å². The second-order valence-electron chi connectivity index (χ2n) is 7.33. The Bertz CT molecular complexity index is 535. The van der Waals surface area contributed by atoms with Crippen molar-refractivity contribution >= 4 is 5.91 Å². The van der Waals surface area contributed by atoms with E-state index < -0.39 is 5.60 Å². The van der Waals surface area contributed by atoms with Crippen LogP contribution >= 0.6 is 0 Å². The van der Waals surface area contributed by atoms with Crippen LogP contribution in [0.4, 0.5) is 0 Å². The minimum atomic E-state index is -0.548. The number of hydrogen-bond donors (Lipinski definition) is 1. The number of likely N-dealkylation sites (tertiary alicyclic amines) is 1. The van der Waals surface area contributed by atoms with Gasteiger partial charge >= 0.3 is 0 Å². The molecule has 1 aromatic rings. The lowest BCUT2D eigenvalue weighted by Crippen LogP contribution is -2.53. The van der Waals surface area contributed by atoms with Gasteiger partial charge in [-0.05, 0) is 69.6 Å². The third-order valence-electron chi connectivity index (χ3n) is 5.63. The SMILES string of the molecule is CCOC1(C(=O)NC2CCN(CCc3ccncc3)CC2)CCCC1. The highest BCUT2D eigenvalue weighted by atomic mass is 16.5. The van der Waals surface area contributed by atoms with Crippen LogP contribution in [0.25, 0.3) is 0 Å². The van der Waals surface area contributed by atoms with E-state index in [0.29, 0.717) is 12.6 Å². The molecule has 1 aliphatic carbocycles. The molecule has 25 heavy (non-hydrogen) atoms. The van der Waals surface area contributed by atoms with Crippen molar-refractivity contribution in [2.75, 3.05) is 26.2 Å². The highest BCUT2D eigenvalue weighted by Crippen LogP contribution is 2.33. The third-order valence-corrected chi connectivity index (χ3v) is 5.63. The van der Waals surface area contributed by atoms with E-state index in [0.717, 1.165) is 64.6 Å². The maximum absolute atomic E-state index is 12.8. The first kappa shape index (κ1) is 18.3. The minimum absolute atomic E-state index is 0.127. The molecule has 0 radical (unpaired) electrons. The Morgan fingerprint density at radius 2 is 1.96 bits per heavy atom. The van der Waals surface area contributed by atoms with Gasteiger partial charge in [-0.2, -0.15) is 0 Å². The molecular formula is C20H31N3O2. The van der Waals surface area contributed by atoms with Gasteiger partial charge in [-0.1, -0.05) is 0 Å². The molecule has 138 valence electrons. The van der Waals surface area contributed by atoms with Crippen LogP contribution in [0, 0.1) is 0 Å². The number of carbonyl (C=O) groups is 1. The average molecular weight is 345 g/mol. The maximum Gasteiger partial charge on any atom is 0.252 e. The molecule has 1 N–H and O–H groups in total. The molecule has 0 bridgehead atoms. The summed E-state index contributed by atoms with van der Waals surface area (Å²) in [5, 5.41) is 3.28. The highest BCUT2D eigenvalue weighted by molar-refractivity contribution is 5.85. The fourth-order valence-electron chi connectivity index (χ4n) is 4.11. The zero-order valence-electron chi connectivity index (χ0n) is 15.4. The normalized spacial score (nSPS) is 21.3. The number of piperidine rings is 1. The standard InChI is InChI=1S/C20H31N3O2/c1-2-25-20(10-3-4-11-20)19(24)22-18-8-15-23(16-9-18)14-7-17-5-12-21-13-6-17/h5-6,12-13,18H,2-4,7-11,14-16H2,1H3,(H,22,24). The van der Waals surface area contributed by atoms with Crippen LogP contribution < -0.4 is 5.32 Å². The summed E-state index contributed by atoms with van der Waals surface area (Å²) < 4.78 is 5.87. The molecule has 5 heteroatoms. The summed E-state index contributed by atoms with van der Waals surface area (Å²) >= 11 is 0. The van der Waals surface area contributed by atoms with Gasteiger partial charge in [0, 0.05) is 44.7 Å². The van der Waals surface area contributed by atoms with E-state index in [9.17, 15) is 4.79 Å². The number of ether oxygens (including phenoxy) is 1. The van der Waals surface area contributed by atoms with Crippen LogP contribution in [0.5, 0.6) is 0 Å². The first-order valence-corrected chi connectivity index (χ1v) is 9.78. The van der Waals surface area contributed by atoms with Gasteiger partial charge in [-0.25, -0.2) is 0 Å². The van der Waals surface area contributed by atoms with E-state index in [-0.39, 0.29) is 5.91 Å². The fraction of sp³-hybridized carbons (Fsp3) is 0.700. The van der Waals surface area contributed by atoms with Crippen molar-refractivity contribution in [1.29, 1.82) is 0 Å². The Hall–Kier alpha value is -1.46. The summed E-state index contributed by atoms with van der Waals surface area (Å²) in [6.45, 7) is 5.78. The molecule has 1 aromatic heterocycles. The summed E-state index contributed by atoms with van der Waals surface area (Å²) in [5.74, 6) is 0.127. The van der Waals surface area contributed by atoms with E-state index >= 15 is 0 Å². The van der Waals surface area contributed by atoms with E-state index in [1.807, 2.05) is 19.3 Å². The van der Waals surface area contributed by atoms with Crippen LogP contribution in [-0.4, -0.2) is 53.7 Å². The zero-order valence-corrected chi connectivity index (χ0v) is 15.4. The van der Waals surface area contributed by atoms with E-state index in [1.165, 1.54) is 5.56 Å². The molecule has 5 nitrogen and oxygen atoms in total. The van der Waals surface area contributed by atoms with Gasteiger partial charge in [0.15, 0.2) is 0 Å². The second kappa shape index (κ2) is 8.77. The van der Waals surface area contributed by atoms with Crippen LogP contribution in [0.1, 0.15) is 51.0 Å². The van der Waals surface area contributed by atoms with Crippen LogP contribution in [0.2, 0.25) is 0 Å². The summed E-state index contributed by atoms with van der Waals surface area (Å²) in [4.78, 5) is 19.3. The minimum Gasteiger partial charge on any atom is -0.365 e. The Morgan fingerprint density at radius 1 is 1.28 bits per heavy atom. The predicted octanol–water partition coefficient (Wildman–Crippen LogP) is 2.55. The molecule has 1 saturated carbocycles. The van der Waals surface area contributed by atoms with Crippen LogP contribution in [-0.2, 0) is 16.0 Å². The van der Waals surface area contributed by atoms with Gasteiger partial charge in [-0.3, -0.25) is 9.78 Å². The van der Waals surface area contributed by atoms with Gasteiger partial charge in [0.05, 0.1) is 0 Å². The Morgan fingerprint density at radius 3 is 2.60 bits per heavy atom. The summed E-state index contributed by atoms with van der Waals surface area (Å²) in [5.41, 5.74) is 0.790. The Kier molecular flexibility index (Phi) is 6.43. The molecule has 1 aliphatic heterocycles. The number of nitrogens with one attached hydrogen (secondary N) is 1. The first-order chi connectivity index (χ1) is 12.2. The van der Waals surface area contributed by atoms with Crippen molar-refractivity contribution in [2.24, 2.45) is 0 Å². The summed E-state index contributed by atoms with van der Waals surface area (Å²) in [7, 11) is 0. The molecule has 2 heterocycles. The quantitative estimate of drug-likeness (QED) is 0.825. The summed E-state index contributed by atoms with van der Waals surface area (Å²) in [6, 6.07) is 4.46. The first-order valence-electron chi connectivity index (χ1n) is 9.78. The molecule has 1 saturated heterocycles. The number of nitrogens with zero attached hydrogens (tertiary/aromatic N) is 2. The lowest BCUT2D eigenvalue weighted by molar-refractivity contribution is -0.147. The fourth-order valence-corrected chi connectivity index (χ4v) is 4.11. The second-order valence-corrected chi connectivity index (χ2v) is 7.33. The van der Waals surface area contributed by atoms with Crippen molar-refractivity contribution in [2.45, 2.75) is 63.5 Å². The largest absolute Gasteiger partial charge is 0.365 e. The van der Waals surface area contributed by atoms with Crippen molar-refractivity contribution in [1.82, 2.24) is 15.2 Å². The monoisotopic (exact) mass is 345 g/mol. The number of pyridine rings is 1. The molecular weight excluding hydrogens is 314 g/mol. The third kappa shape index (κ3) is 4.79. The van der Waals surface area contributed by atoms with Crippen molar-refractivity contribution < 1.29 is 9.53 Å². The molecule has 0 unspecified atom stereocenters. The van der Waals surface area contributed by atoms with Crippen molar-refractivity contribution in [3.63, 3.8) is 0 Å². The van der Waals surface area contributed by atoms with E-state index in [2.05, 4.69) is 27.3 Å². The van der Waals surface area contributed by atoms with Crippen LogP contribution in [0.15, 0.2) is 24.5 Å². The number of carbonyl (C=O) groups excluding carboxylic acids is 1. The Balaban J connectivity index is 1.42. The van der Waals surface area contributed by atoms with E-state index in [1.54, 1.807) is 0 Å². The molecule has 3 rings (SSSR count). The van der Waals surface area contributed by atoms with Crippen molar-refractivity contribution in [3.8, 4) is 0 Å². The smallest absolute Gasteiger partial charge is 0.252 e. The molecule has 2 fully saturated rings. The van der Waals surface area contributed by atoms with Crippen molar-refractivity contribution in [3.05, 3.63) is 30.1 Å². The number of hydrogen-bond acceptors (Lipinski definition) is 4. The van der Waals surface area contributed by atoms with E-state index in [4.69, 9.17) is 4.74 Å². The van der Waals surface area contributed by atoms with Gasteiger partial charge < -0.3 is 15.0 Å². The molecule has 0 atom stereocenters. The van der Waals surface area contributed by atoms with Gasteiger partial charge in [0.2, 0.25) is 0 Å². The summed E-state index contributed by atoms with van der Waals surface area (Å²) in [6.07, 6.45) is 10.8. The average Bonchev–Trinajstić information content (AvgIpc) is 3.12. The molecule has 2 aliphatic rings. The number of amides is 1. The van der Waals surface area contributed by atoms with Gasteiger partial charge in [0.1, 0.15) is 5.60 Å². The zero-order chi connectivity index (χ0) is 17.5. The number of aromatic nitrogens is 1.